The number of aliphatic carboxylic acids is 2. The Morgan fingerprint density at radius 2 is 1.87 bits per heavy atom. The summed E-state index contributed by atoms with van der Waals surface area (Å²) >= 11 is 0. The van der Waals surface area contributed by atoms with Crippen LogP contribution in [-0.2, 0) is 16.1 Å². The average molecular weight is 440 g/mol. The van der Waals surface area contributed by atoms with Gasteiger partial charge in [0.1, 0.15) is 0 Å². The molecule has 0 radical (unpaired) electrons. The lowest BCUT2D eigenvalue weighted by Crippen LogP contribution is -2.37. The van der Waals surface area contributed by atoms with E-state index < -0.39 is 18.1 Å². The van der Waals surface area contributed by atoms with Crippen LogP contribution in [0.5, 0.6) is 0 Å². The average Bonchev–Trinajstić information content (AvgIpc) is 3.22. The Balaban J connectivity index is 0.000000339. The van der Waals surface area contributed by atoms with Crippen LogP contribution in [0.1, 0.15) is 22.3 Å². The van der Waals surface area contributed by atoms with Crippen molar-refractivity contribution in [1.82, 2.24) is 19.9 Å². The molecule has 4 rings (SSSR count). The first-order valence-corrected chi connectivity index (χ1v) is 9.33. The number of amides is 1. The first-order chi connectivity index (χ1) is 14.6. The number of alkyl halides is 3. The lowest BCUT2D eigenvalue weighted by atomic mass is 10.1. The van der Waals surface area contributed by atoms with Gasteiger partial charge in [-0.15, -0.1) is 5.10 Å². The minimum atomic E-state index is -5.08. The minimum absolute atomic E-state index is 0.0232. The lowest BCUT2D eigenvalue weighted by molar-refractivity contribution is -0.192. The third-order valence-corrected chi connectivity index (χ3v) is 5.30. The molecule has 3 atom stereocenters. The Bertz CT molecular complexity index is 964. The summed E-state index contributed by atoms with van der Waals surface area (Å²) in [5, 5.41) is 24.0. The fourth-order valence-electron chi connectivity index (χ4n) is 3.78. The van der Waals surface area contributed by atoms with Gasteiger partial charge in [0.05, 0.1) is 18.7 Å². The number of hydrogen-bond donors (Lipinski definition) is 2. The van der Waals surface area contributed by atoms with Crippen LogP contribution < -0.4 is 0 Å². The molecular weight excluding hydrogens is 421 g/mol. The summed E-state index contributed by atoms with van der Waals surface area (Å²) in [6, 6.07) is 7.49. The van der Waals surface area contributed by atoms with Gasteiger partial charge in [0.2, 0.25) is 0 Å². The maximum atomic E-state index is 12.7. The molecule has 2 aliphatic rings. The summed E-state index contributed by atoms with van der Waals surface area (Å²) < 4.78 is 33.4. The van der Waals surface area contributed by atoms with E-state index in [1.165, 1.54) is 0 Å². The molecule has 0 bridgehead atoms. The van der Waals surface area contributed by atoms with Crippen molar-refractivity contribution < 1.29 is 37.8 Å². The topological polar surface area (TPSA) is 126 Å². The Hall–Kier alpha value is -3.44. The highest BCUT2D eigenvalue weighted by atomic mass is 19.4. The number of hydrogen-bond acceptors (Lipinski definition) is 5. The third-order valence-electron chi connectivity index (χ3n) is 5.30. The van der Waals surface area contributed by atoms with E-state index in [0.29, 0.717) is 25.2 Å². The smallest absolute Gasteiger partial charge is 0.481 e. The summed E-state index contributed by atoms with van der Waals surface area (Å²) in [6.07, 6.45) is -0.905. The fraction of sp³-hybridized carbons (Fsp3) is 0.421. The Kier molecular flexibility index (Phi) is 6.27. The highest BCUT2D eigenvalue weighted by Gasteiger charge is 2.57. The molecule has 1 saturated carbocycles. The lowest BCUT2D eigenvalue weighted by Gasteiger charge is -2.26. The van der Waals surface area contributed by atoms with Gasteiger partial charge in [-0.05, 0) is 36.0 Å². The molecule has 2 fully saturated rings. The van der Waals surface area contributed by atoms with Crippen molar-refractivity contribution in [2.75, 3.05) is 13.1 Å². The molecule has 9 nitrogen and oxygen atoms in total. The van der Waals surface area contributed by atoms with E-state index >= 15 is 0 Å². The van der Waals surface area contributed by atoms with Crippen molar-refractivity contribution >= 4 is 17.8 Å². The second kappa shape index (κ2) is 8.74. The molecule has 1 aliphatic carbocycles. The van der Waals surface area contributed by atoms with E-state index in [1.54, 1.807) is 28.0 Å². The van der Waals surface area contributed by atoms with Gasteiger partial charge in [-0.3, -0.25) is 9.59 Å². The predicted octanol–water partition coefficient (Wildman–Crippen LogP) is 1.75. The van der Waals surface area contributed by atoms with E-state index in [-0.39, 0.29) is 23.7 Å². The Morgan fingerprint density at radius 3 is 2.45 bits per heavy atom. The molecule has 1 aromatic carbocycles. The van der Waals surface area contributed by atoms with Crippen LogP contribution in [0.3, 0.4) is 0 Å². The molecule has 2 N–H and O–H groups in total. The summed E-state index contributed by atoms with van der Waals surface area (Å²) in [6.45, 7) is 1.75. The van der Waals surface area contributed by atoms with Crippen LogP contribution in [0.15, 0.2) is 36.7 Å². The quantitative estimate of drug-likeness (QED) is 0.742. The molecule has 1 aromatic heterocycles. The largest absolute Gasteiger partial charge is 0.490 e. The van der Waals surface area contributed by atoms with Crippen molar-refractivity contribution in [3.63, 3.8) is 0 Å². The van der Waals surface area contributed by atoms with Gasteiger partial charge in [-0.2, -0.15) is 13.2 Å². The zero-order chi connectivity index (χ0) is 22.8. The highest BCUT2D eigenvalue weighted by Crippen LogP contribution is 2.51. The van der Waals surface area contributed by atoms with Crippen LogP contribution in [0.2, 0.25) is 0 Å². The van der Waals surface area contributed by atoms with Gasteiger partial charge in [-0.1, -0.05) is 17.3 Å². The molecular formula is C19H19F3N4O5. The Morgan fingerprint density at radius 1 is 1.16 bits per heavy atom. The molecule has 0 spiro atoms. The fourth-order valence-corrected chi connectivity index (χ4v) is 3.78. The number of rotatable bonds is 4. The summed E-state index contributed by atoms with van der Waals surface area (Å²) in [5.74, 6) is -3.39. The van der Waals surface area contributed by atoms with Gasteiger partial charge < -0.3 is 15.1 Å². The van der Waals surface area contributed by atoms with Crippen LogP contribution in [0.4, 0.5) is 13.2 Å². The molecule has 2 aromatic rings. The van der Waals surface area contributed by atoms with Crippen molar-refractivity contribution in [2.24, 2.45) is 17.8 Å². The van der Waals surface area contributed by atoms with Gasteiger partial charge >= 0.3 is 18.1 Å². The minimum Gasteiger partial charge on any atom is -0.481 e. The summed E-state index contributed by atoms with van der Waals surface area (Å²) in [5.41, 5.74) is 1.62. The number of piperidine rings is 1. The number of benzene rings is 1. The number of aromatic nitrogens is 3. The second-order valence-corrected chi connectivity index (χ2v) is 7.34. The maximum absolute atomic E-state index is 12.7. The monoisotopic (exact) mass is 440 g/mol. The molecule has 2 heterocycles. The van der Waals surface area contributed by atoms with Gasteiger partial charge in [-0.25, -0.2) is 9.48 Å². The number of carbonyl (C=O) groups is 3. The number of likely N-dealkylation sites (tertiary alicyclic amines) is 1. The number of carbonyl (C=O) groups excluding carboxylic acids is 1. The summed E-state index contributed by atoms with van der Waals surface area (Å²) in [7, 11) is 0. The zero-order valence-electron chi connectivity index (χ0n) is 16.1. The molecule has 166 valence electrons. The predicted molar refractivity (Wildman–Crippen MR) is 97.9 cm³/mol. The molecule has 12 heteroatoms. The van der Waals surface area contributed by atoms with E-state index in [9.17, 15) is 22.8 Å². The number of carboxylic acid groups (broad SMARTS) is 2. The van der Waals surface area contributed by atoms with E-state index in [2.05, 4.69) is 10.3 Å². The van der Waals surface area contributed by atoms with Crippen LogP contribution in [0, 0.1) is 17.8 Å². The van der Waals surface area contributed by atoms with Gasteiger partial charge in [0.15, 0.2) is 0 Å². The zero-order valence-corrected chi connectivity index (χ0v) is 16.1. The van der Waals surface area contributed by atoms with E-state index in [0.717, 1.165) is 12.0 Å². The van der Waals surface area contributed by atoms with Crippen molar-refractivity contribution in [3.05, 3.63) is 47.8 Å². The second-order valence-electron chi connectivity index (χ2n) is 7.34. The summed E-state index contributed by atoms with van der Waals surface area (Å²) in [4.78, 5) is 34.6. The van der Waals surface area contributed by atoms with Crippen molar-refractivity contribution in [3.8, 4) is 0 Å². The first kappa shape index (κ1) is 22.2. The number of carboxylic acids is 2. The number of nitrogens with zero attached hydrogens (tertiary/aromatic N) is 4. The van der Waals surface area contributed by atoms with E-state index in [4.69, 9.17) is 15.0 Å². The van der Waals surface area contributed by atoms with Crippen LogP contribution in [0.25, 0.3) is 0 Å². The van der Waals surface area contributed by atoms with Crippen molar-refractivity contribution in [2.45, 2.75) is 19.1 Å². The maximum Gasteiger partial charge on any atom is 0.490 e. The number of halogens is 3. The van der Waals surface area contributed by atoms with Gasteiger partial charge in [0.25, 0.3) is 5.91 Å². The number of fused-ring (bicyclic) bond motifs is 1. The molecule has 31 heavy (non-hydrogen) atoms. The normalized spacial score (nSPS) is 22.0. The molecule has 0 unspecified atom stereocenters. The van der Waals surface area contributed by atoms with Crippen LogP contribution >= 0.6 is 0 Å². The van der Waals surface area contributed by atoms with Crippen LogP contribution in [-0.4, -0.2) is 67.2 Å². The molecule has 1 saturated heterocycles. The third kappa shape index (κ3) is 5.38. The molecule has 1 amide bonds. The first-order valence-electron chi connectivity index (χ1n) is 9.33. The SMILES string of the molecule is O=C(O)C(F)(F)F.O=C(O)[C@@H]1[C@@H]2CCN(C(=O)c3cccc(Cn4ccnn4)c3)C[C@@H]21. The van der Waals surface area contributed by atoms with E-state index in [1.807, 2.05) is 18.2 Å². The van der Waals surface area contributed by atoms with Gasteiger partial charge in [0, 0.05) is 24.8 Å². The Labute approximate surface area is 174 Å². The molecule has 1 aliphatic heterocycles. The standard InChI is InChI=1S/C17H18N4O3.C2HF3O2/c22-16(20-6-4-13-14(10-20)15(13)17(23)24)12-3-1-2-11(8-12)9-21-7-5-18-19-21;3-2(4,5)1(6)7/h1-3,5,7-8,13-15H,4,6,9-10H2,(H,23,24);(H,6,7)/t13-,14+,15-;/m1./s1. The van der Waals surface area contributed by atoms with Crippen molar-refractivity contribution in [1.29, 1.82) is 0 Å². The highest BCUT2D eigenvalue weighted by molar-refractivity contribution is 5.94.